The fraction of sp³-hybridized carbons (Fsp3) is 0.583. The molecule has 3 heteroatoms. The number of hydrogen-bond acceptors (Lipinski definition) is 2. The Balaban J connectivity index is 1.90. The number of aryl methyl sites for hydroxylation is 2. The molecule has 0 aromatic carbocycles. The molecule has 0 saturated heterocycles. The standard InChI is InChI=1S/C12H19N3/c1-9-12(10(2)15-14-9)13-8-11-6-4-3-5-7-11/h3-4,11,13H,5-8H2,1-2H3,(H,14,15). The minimum Gasteiger partial charge on any atom is -0.382 e. The highest BCUT2D eigenvalue weighted by Gasteiger charge is 2.11. The number of nitrogens with zero attached hydrogens (tertiary/aromatic N) is 1. The maximum atomic E-state index is 4.18. The first-order valence-electron chi connectivity index (χ1n) is 5.68. The number of H-pyrrole nitrogens is 1. The van der Waals surface area contributed by atoms with Gasteiger partial charge in [0.15, 0.2) is 0 Å². The van der Waals surface area contributed by atoms with Crippen molar-refractivity contribution in [3.05, 3.63) is 23.5 Å². The van der Waals surface area contributed by atoms with Crippen LogP contribution in [0.3, 0.4) is 0 Å². The maximum absolute atomic E-state index is 4.18. The summed E-state index contributed by atoms with van der Waals surface area (Å²) < 4.78 is 0. The minimum atomic E-state index is 0.781. The van der Waals surface area contributed by atoms with E-state index in [1.807, 2.05) is 6.92 Å². The molecule has 1 atom stereocenters. The fourth-order valence-corrected chi connectivity index (χ4v) is 2.10. The molecule has 3 nitrogen and oxygen atoms in total. The number of rotatable bonds is 3. The van der Waals surface area contributed by atoms with Gasteiger partial charge in [0.1, 0.15) is 0 Å². The van der Waals surface area contributed by atoms with Crippen LogP contribution in [0.4, 0.5) is 5.69 Å². The van der Waals surface area contributed by atoms with Gasteiger partial charge in [0.05, 0.1) is 17.1 Å². The first-order chi connectivity index (χ1) is 7.27. The van der Waals surface area contributed by atoms with E-state index >= 15 is 0 Å². The number of nitrogens with one attached hydrogen (secondary N) is 2. The molecule has 0 aliphatic heterocycles. The normalized spacial score (nSPS) is 20.5. The number of allylic oxidation sites excluding steroid dienone is 2. The summed E-state index contributed by atoms with van der Waals surface area (Å²) in [5, 5.41) is 10.7. The lowest BCUT2D eigenvalue weighted by Gasteiger charge is -2.18. The van der Waals surface area contributed by atoms with Crippen molar-refractivity contribution in [3.63, 3.8) is 0 Å². The van der Waals surface area contributed by atoms with Crippen molar-refractivity contribution >= 4 is 5.69 Å². The van der Waals surface area contributed by atoms with Gasteiger partial charge < -0.3 is 5.32 Å². The molecule has 1 heterocycles. The summed E-state index contributed by atoms with van der Waals surface area (Å²) in [5.41, 5.74) is 3.39. The first-order valence-corrected chi connectivity index (χ1v) is 5.68. The van der Waals surface area contributed by atoms with Crippen molar-refractivity contribution in [3.8, 4) is 0 Å². The Morgan fingerprint density at radius 2 is 2.33 bits per heavy atom. The van der Waals surface area contributed by atoms with Gasteiger partial charge in [0, 0.05) is 6.54 Å². The second-order valence-corrected chi connectivity index (χ2v) is 4.34. The summed E-state index contributed by atoms with van der Waals surface area (Å²) in [6.45, 7) is 5.15. The van der Waals surface area contributed by atoms with E-state index in [0.29, 0.717) is 0 Å². The van der Waals surface area contributed by atoms with E-state index in [0.717, 1.165) is 23.9 Å². The van der Waals surface area contributed by atoms with E-state index in [4.69, 9.17) is 0 Å². The lowest BCUT2D eigenvalue weighted by Crippen LogP contribution is -2.15. The van der Waals surface area contributed by atoms with Gasteiger partial charge in [0.2, 0.25) is 0 Å². The van der Waals surface area contributed by atoms with Gasteiger partial charge in [-0.15, -0.1) is 0 Å². The Bertz CT molecular complexity index is 332. The van der Waals surface area contributed by atoms with Crippen LogP contribution in [0.15, 0.2) is 12.2 Å². The van der Waals surface area contributed by atoms with Crippen LogP contribution in [0, 0.1) is 19.8 Å². The van der Waals surface area contributed by atoms with E-state index < -0.39 is 0 Å². The Morgan fingerprint density at radius 3 is 2.93 bits per heavy atom. The predicted octanol–water partition coefficient (Wildman–Crippen LogP) is 2.79. The monoisotopic (exact) mass is 205 g/mol. The number of hydrogen-bond donors (Lipinski definition) is 2. The molecule has 0 bridgehead atoms. The molecule has 15 heavy (non-hydrogen) atoms. The molecule has 2 rings (SSSR count). The second kappa shape index (κ2) is 4.51. The molecule has 0 amide bonds. The van der Waals surface area contributed by atoms with E-state index in [1.54, 1.807) is 0 Å². The van der Waals surface area contributed by atoms with E-state index in [2.05, 4.69) is 34.6 Å². The highest BCUT2D eigenvalue weighted by Crippen LogP contribution is 2.21. The van der Waals surface area contributed by atoms with Gasteiger partial charge in [-0.1, -0.05) is 12.2 Å². The molecule has 0 fully saturated rings. The Hall–Kier alpha value is -1.25. The van der Waals surface area contributed by atoms with Crippen LogP contribution in [0.5, 0.6) is 0 Å². The van der Waals surface area contributed by atoms with Gasteiger partial charge in [0.25, 0.3) is 0 Å². The first kappa shape index (κ1) is 10.3. The average molecular weight is 205 g/mol. The largest absolute Gasteiger partial charge is 0.382 e. The zero-order valence-corrected chi connectivity index (χ0v) is 9.51. The van der Waals surface area contributed by atoms with Crippen molar-refractivity contribution < 1.29 is 0 Å². The summed E-state index contributed by atoms with van der Waals surface area (Å²) in [7, 11) is 0. The van der Waals surface area contributed by atoms with Crippen molar-refractivity contribution in [2.24, 2.45) is 5.92 Å². The number of aromatic amines is 1. The highest BCUT2D eigenvalue weighted by atomic mass is 15.1. The molecule has 0 radical (unpaired) electrons. The molecule has 1 aliphatic carbocycles. The topological polar surface area (TPSA) is 40.7 Å². The van der Waals surface area contributed by atoms with Crippen molar-refractivity contribution in [2.45, 2.75) is 33.1 Å². The minimum absolute atomic E-state index is 0.781. The summed E-state index contributed by atoms with van der Waals surface area (Å²) in [4.78, 5) is 0. The van der Waals surface area contributed by atoms with E-state index in [1.165, 1.54) is 24.9 Å². The molecule has 82 valence electrons. The van der Waals surface area contributed by atoms with Crippen LogP contribution >= 0.6 is 0 Å². The van der Waals surface area contributed by atoms with Gasteiger partial charge >= 0.3 is 0 Å². The second-order valence-electron chi connectivity index (χ2n) is 4.34. The molecular formula is C12H19N3. The van der Waals surface area contributed by atoms with Crippen LogP contribution in [0.2, 0.25) is 0 Å². The Labute approximate surface area is 91.0 Å². The lowest BCUT2D eigenvalue weighted by molar-refractivity contribution is 0.504. The molecular weight excluding hydrogens is 186 g/mol. The smallest absolute Gasteiger partial charge is 0.0825 e. The van der Waals surface area contributed by atoms with Crippen LogP contribution in [0.25, 0.3) is 0 Å². The van der Waals surface area contributed by atoms with Gasteiger partial charge in [-0.05, 0) is 39.0 Å². The van der Waals surface area contributed by atoms with Gasteiger partial charge in [-0.25, -0.2) is 0 Å². The van der Waals surface area contributed by atoms with Gasteiger partial charge in [-0.2, -0.15) is 5.10 Å². The third-order valence-corrected chi connectivity index (χ3v) is 3.07. The van der Waals surface area contributed by atoms with Crippen molar-refractivity contribution in [1.82, 2.24) is 10.2 Å². The third kappa shape index (κ3) is 2.41. The average Bonchev–Trinajstić information content (AvgIpc) is 2.58. The SMILES string of the molecule is Cc1n[nH]c(C)c1NCC1CC=CCC1. The Morgan fingerprint density at radius 1 is 1.47 bits per heavy atom. The van der Waals surface area contributed by atoms with Crippen LogP contribution in [-0.4, -0.2) is 16.7 Å². The van der Waals surface area contributed by atoms with Crippen LogP contribution in [-0.2, 0) is 0 Å². The molecule has 1 aliphatic rings. The molecule has 1 aromatic heterocycles. The summed E-state index contributed by atoms with van der Waals surface area (Å²) >= 11 is 0. The molecule has 0 saturated carbocycles. The number of anilines is 1. The zero-order valence-electron chi connectivity index (χ0n) is 9.51. The molecule has 2 N–H and O–H groups in total. The summed E-state index contributed by atoms with van der Waals surface area (Å²) in [5.74, 6) is 0.781. The Kier molecular flexibility index (Phi) is 3.09. The predicted molar refractivity (Wildman–Crippen MR) is 63.0 cm³/mol. The van der Waals surface area contributed by atoms with Crippen molar-refractivity contribution in [2.75, 3.05) is 11.9 Å². The maximum Gasteiger partial charge on any atom is 0.0825 e. The van der Waals surface area contributed by atoms with Gasteiger partial charge in [-0.3, -0.25) is 5.10 Å². The van der Waals surface area contributed by atoms with Crippen molar-refractivity contribution in [1.29, 1.82) is 0 Å². The number of aromatic nitrogens is 2. The zero-order chi connectivity index (χ0) is 10.7. The van der Waals surface area contributed by atoms with Crippen LogP contribution in [0.1, 0.15) is 30.7 Å². The highest BCUT2D eigenvalue weighted by molar-refractivity contribution is 5.51. The lowest BCUT2D eigenvalue weighted by atomic mass is 9.94. The van der Waals surface area contributed by atoms with E-state index in [9.17, 15) is 0 Å². The quantitative estimate of drug-likeness (QED) is 0.745. The molecule has 1 unspecified atom stereocenters. The molecule has 1 aromatic rings. The van der Waals surface area contributed by atoms with Crippen LogP contribution < -0.4 is 5.32 Å². The summed E-state index contributed by atoms with van der Waals surface area (Å²) in [6.07, 6.45) is 8.33. The fourth-order valence-electron chi connectivity index (χ4n) is 2.10. The summed E-state index contributed by atoms with van der Waals surface area (Å²) in [6, 6.07) is 0. The van der Waals surface area contributed by atoms with E-state index in [-0.39, 0.29) is 0 Å². The third-order valence-electron chi connectivity index (χ3n) is 3.07. The molecule has 0 spiro atoms.